The summed E-state index contributed by atoms with van der Waals surface area (Å²) in [7, 11) is 1.60. The van der Waals surface area contributed by atoms with Gasteiger partial charge in [0.1, 0.15) is 23.9 Å². The van der Waals surface area contributed by atoms with Crippen LogP contribution < -0.4 is 9.64 Å². The smallest absolute Gasteiger partial charge is 0.313 e. The first-order chi connectivity index (χ1) is 14.1. The molecule has 6 nitrogen and oxygen atoms in total. The maximum Gasteiger partial charge on any atom is 0.313 e. The fourth-order valence-corrected chi connectivity index (χ4v) is 4.57. The highest BCUT2D eigenvalue weighted by molar-refractivity contribution is 6.02. The van der Waals surface area contributed by atoms with Crippen molar-refractivity contribution in [1.29, 1.82) is 0 Å². The minimum absolute atomic E-state index is 0.108. The van der Waals surface area contributed by atoms with E-state index in [1.54, 1.807) is 12.0 Å². The van der Waals surface area contributed by atoms with Gasteiger partial charge in [-0.3, -0.25) is 9.59 Å². The molecule has 2 aromatic rings. The van der Waals surface area contributed by atoms with Crippen LogP contribution >= 0.6 is 0 Å². The molecule has 0 saturated carbocycles. The molecule has 2 saturated heterocycles. The Balaban J connectivity index is 1.37. The first kappa shape index (κ1) is 17.9. The second-order valence-electron chi connectivity index (χ2n) is 7.62. The molecule has 5 rings (SSSR count). The van der Waals surface area contributed by atoms with Crippen molar-refractivity contribution in [3.05, 3.63) is 72.3 Å². The van der Waals surface area contributed by atoms with Gasteiger partial charge in [0.25, 0.3) is 0 Å². The van der Waals surface area contributed by atoms with E-state index in [1.165, 1.54) is 0 Å². The topological polar surface area (TPSA) is 65.1 Å². The zero-order valence-electron chi connectivity index (χ0n) is 16.0. The summed E-state index contributed by atoms with van der Waals surface area (Å²) >= 11 is 0. The Bertz CT molecular complexity index is 971. The van der Waals surface area contributed by atoms with Crippen LogP contribution in [0.3, 0.4) is 0 Å². The number of carbonyl (C=O) groups excluding carboxylic acids is 2. The number of carbonyl (C=O) groups is 2. The van der Waals surface area contributed by atoms with E-state index >= 15 is 0 Å². The van der Waals surface area contributed by atoms with Crippen molar-refractivity contribution >= 4 is 17.6 Å². The third-order valence-electron chi connectivity index (χ3n) is 5.98. The molecule has 0 unspecified atom stereocenters. The summed E-state index contributed by atoms with van der Waals surface area (Å²) in [5, 5.41) is 0. The van der Waals surface area contributed by atoms with Crippen molar-refractivity contribution in [3.63, 3.8) is 0 Å². The van der Waals surface area contributed by atoms with Gasteiger partial charge < -0.3 is 19.1 Å². The number of fused-ring (bicyclic) bond motifs is 1. The summed E-state index contributed by atoms with van der Waals surface area (Å²) in [4.78, 5) is 27.9. The predicted molar refractivity (Wildman–Crippen MR) is 105 cm³/mol. The molecule has 2 bridgehead atoms. The number of ether oxygens (including phenoxy) is 3. The van der Waals surface area contributed by atoms with Gasteiger partial charge in [-0.25, -0.2) is 0 Å². The first-order valence-corrected chi connectivity index (χ1v) is 9.64. The molecule has 0 aromatic heterocycles. The van der Waals surface area contributed by atoms with E-state index in [0.717, 1.165) is 17.0 Å². The monoisotopic (exact) mass is 391 g/mol. The summed E-state index contributed by atoms with van der Waals surface area (Å²) < 4.78 is 16.9. The van der Waals surface area contributed by atoms with Crippen LogP contribution in [0.25, 0.3) is 0 Å². The molecule has 4 atom stereocenters. The lowest BCUT2D eigenvalue weighted by Crippen LogP contribution is -2.40. The molecular formula is C23H21NO5. The predicted octanol–water partition coefficient (Wildman–Crippen LogP) is 2.73. The van der Waals surface area contributed by atoms with Gasteiger partial charge in [-0.2, -0.15) is 0 Å². The highest BCUT2D eigenvalue weighted by Crippen LogP contribution is 2.53. The van der Waals surface area contributed by atoms with E-state index in [4.69, 9.17) is 14.2 Å². The van der Waals surface area contributed by atoms with Crippen LogP contribution in [0, 0.1) is 11.8 Å². The summed E-state index contributed by atoms with van der Waals surface area (Å²) in [6.45, 7) is 0.570. The number of amides is 1. The molecular weight excluding hydrogens is 370 g/mol. The van der Waals surface area contributed by atoms with Gasteiger partial charge in [0.2, 0.25) is 5.91 Å². The molecule has 3 heterocycles. The molecule has 148 valence electrons. The maximum atomic E-state index is 13.3. The van der Waals surface area contributed by atoms with Crippen molar-refractivity contribution in [2.24, 2.45) is 11.8 Å². The molecule has 1 spiro atoms. The molecule has 3 aliphatic heterocycles. The van der Waals surface area contributed by atoms with Crippen LogP contribution in [-0.2, 0) is 25.7 Å². The number of rotatable bonds is 5. The number of esters is 1. The number of anilines is 1. The number of nitrogens with zero attached hydrogens (tertiary/aromatic N) is 1. The highest BCUT2D eigenvalue weighted by Gasteiger charge is 2.67. The summed E-state index contributed by atoms with van der Waals surface area (Å²) in [5.41, 5.74) is 0.905. The zero-order valence-corrected chi connectivity index (χ0v) is 16.0. The highest BCUT2D eigenvalue weighted by atomic mass is 16.6. The van der Waals surface area contributed by atoms with Crippen molar-refractivity contribution < 1.29 is 23.8 Å². The molecule has 6 heteroatoms. The number of methoxy groups -OCH3 is 1. The van der Waals surface area contributed by atoms with Gasteiger partial charge >= 0.3 is 5.97 Å². The second kappa shape index (κ2) is 6.74. The molecule has 29 heavy (non-hydrogen) atoms. The number of hydrogen-bond acceptors (Lipinski definition) is 5. The lowest BCUT2D eigenvalue weighted by atomic mass is 9.77. The van der Waals surface area contributed by atoms with Crippen LogP contribution in [0.1, 0.15) is 5.56 Å². The SMILES string of the molecule is COc1ccc(N2C[C@]34C=C[C@@H](O3)[C@@H](C(=O)OCc3ccccc3)[C@@H]4C2=O)cc1. The largest absolute Gasteiger partial charge is 0.497 e. The third kappa shape index (κ3) is 2.83. The van der Waals surface area contributed by atoms with Crippen LogP contribution in [0.4, 0.5) is 5.69 Å². The van der Waals surface area contributed by atoms with Crippen LogP contribution in [-0.4, -0.2) is 37.2 Å². The van der Waals surface area contributed by atoms with Crippen LogP contribution in [0.15, 0.2) is 66.7 Å². The normalized spacial score (nSPS) is 29.2. The third-order valence-corrected chi connectivity index (χ3v) is 5.98. The standard InChI is InChI=1S/C23H21NO5/c1-27-17-9-7-16(8-10-17)24-14-23-12-11-18(29-23)19(20(23)21(24)25)22(26)28-13-15-5-3-2-4-6-15/h2-12,18-20H,13-14H2,1H3/t18-,19-,20-,23+/m1/s1. The van der Waals surface area contributed by atoms with Gasteiger partial charge in [-0.15, -0.1) is 0 Å². The van der Waals surface area contributed by atoms with E-state index < -0.39 is 23.5 Å². The fourth-order valence-electron chi connectivity index (χ4n) is 4.57. The Morgan fingerprint density at radius 1 is 1.17 bits per heavy atom. The molecule has 2 fully saturated rings. The van der Waals surface area contributed by atoms with Gasteiger partial charge in [0.15, 0.2) is 0 Å². The number of benzene rings is 2. The molecule has 0 aliphatic carbocycles. The molecule has 3 aliphatic rings. The average Bonchev–Trinajstić information content (AvgIpc) is 3.41. The van der Waals surface area contributed by atoms with Gasteiger partial charge in [0.05, 0.1) is 25.7 Å². The van der Waals surface area contributed by atoms with E-state index in [2.05, 4.69) is 0 Å². The van der Waals surface area contributed by atoms with Crippen molar-refractivity contribution in [3.8, 4) is 5.75 Å². The van der Waals surface area contributed by atoms with Crippen LogP contribution in [0.2, 0.25) is 0 Å². The van der Waals surface area contributed by atoms with E-state index in [1.807, 2.05) is 66.7 Å². The lowest BCUT2D eigenvalue weighted by Gasteiger charge is -2.22. The quantitative estimate of drug-likeness (QED) is 0.579. The van der Waals surface area contributed by atoms with E-state index in [9.17, 15) is 9.59 Å². The van der Waals surface area contributed by atoms with Gasteiger partial charge in [-0.1, -0.05) is 42.5 Å². The fraction of sp³-hybridized carbons (Fsp3) is 0.304. The Labute approximate surface area is 168 Å². The molecule has 2 aromatic carbocycles. The first-order valence-electron chi connectivity index (χ1n) is 9.64. The average molecular weight is 391 g/mol. The van der Waals surface area contributed by atoms with Gasteiger partial charge in [0, 0.05) is 5.69 Å². The summed E-state index contributed by atoms with van der Waals surface area (Å²) in [5.74, 6) is -0.968. The minimum Gasteiger partial charge on any atom is -0.497 e. The van der Waals surface area contributed by atoms with Crippen LogP contribution in [0.5, 0.6) is 5.75 Å². The van der Waals surface area contributed by atoms with E-state index in [0.29, 0.717) is 6.54 Å². The second-order valence-corrected chi connectivity index (χ2v) is 7.62. The number of hydrogen-bond donors (Lipinski definition) is 0. The van der Waals surface area contributed by atoms with E-state index in [-0.39, 0.29) is 18.5 Å². The lowest BCUT2D eigenvalue weighted by molar-refractivity contribution is -0.153. The Kier molecular flexibility index (Phi) is 4.17. The summed E-state index contributed by atoms with van der Waals surface area (Å²) in [6, 6.07) is 16.8. The molecule has 1 amide bonds. The van der Waals surface area contributed by atoms with Crippen molar-refractivity contribution in [1.82, 2.24) is 0 Å². The Hall–Kier alpha value is -3.12. The summed E-state index contributed by atoms with van der Waals surface area (Å²) in [6.07, 6.45) is 3.41. The Morgan fingerprint density at radius 2 is 1.93 bits per heavy atom. The Morgan fingerprint density at radius 3 is 2.66 bits per heavy atom. The minimum atomic E-state index is -0.766. The van der Waals surface area contributed by atoms with Gasteiger partial charge in [-0.05, 0) is 29.8 Å². The molecule has 0 radical (unpaired) electrons. The zero-order chi connectivity index (χ0) is 20.0. The van der Waals surface area contributed by atoms with Crippen molar-refractivity contribution in [2.75, 3.05) is 18.6 Å². The maximum absolute atomic E-state index is 13.3. The van der Waals surface area contributed by atoms with Crippen molar-refractivity contribution in [2.45, 2.75) is 18.3 Å². The molecule has 0 N–H and O–H groups in total.